The Morgan fingerprint density at radius 3 is 2.52 bits per heavy atom. The van der Waals surface area contributed by atoms with Crippen LogP contribution >= 0.6 is 11.6 Å². The maximum Gasteiger partial charge on any atom is 0.239 e. The lowest BCUT2D eigenvalue weighted by atomic mass is 10.1. The van der Waals surface area contributed by atoms with E-state index in [1.54, 1.807) is 6.07 Å². The van der Waals surface area contributed by atoms with Crippen molar-refractivity contribution in [3.8, 4) is 0 Å². The lowest BCUT2D eigenvalue weighted by Crippen LogP contribution is -2.37. The molecule has 0 aliphatic heterocycles. The van der Waals surface area contributed by atoms with Crippen molar-refractivity contribution in [2.75, 3.05) is 6.54 Å². The number of aryl methyl sites for hydroxylation is 1. The summed E-state index contributed by atoms with van der Waals surface area (Å²) < 4.78 is 0. The van der Waals surface area contributed by atoms with Gasteiger partial charge in [0.1, 0.15) is 0 Å². The van der Waals surface area contributed by atoms with Gasteiger partial charge >= 0.3 is 0 Å². The number of carbonyl (C=O) groups is 2. The van der Waals surface area contributed by atoms with Gasteiger partial charge < -0.3 is 10.6 Å². The van der Waals surface area contributed by atoms with Gasteiger partial charge in [-0.1, -0.05) is 59.6 Å². The summed E-state index contributed by atoms with van der Waals surface area (Å²) in [6, 6.07) is 15.0. The van der Waals surface area contributed by atoms with Crippen molar-refractivity contribution in [1.29, 1.82) is 0 Å². The number of hydrogen-bond acceptors (Lipinski definition) is 2. The van der Waals surface area contributed by atoms with Crippen molar-refractivity contribution < 1.29 is 9.59 Å². The molecule has 0 bridgehead atoms. The quantitative estimate of drug-likeness (QED) is 0.855. The molecule has 2 amide bonds. The molecule has 23 heavy (non-hydrogen) atoms. The van der Waals surface area contributed by atoms with Gasteiger partial charge in [-0.15, -0.1) is 0 Å². The van der Waals surface area contributed by atoms with Gasteiger partial charge in [0.05, 0.1) is 13.0 Å². The van der Waals surface area contributed by atoms with Gasteiger partial charge in [-0.2, -0.15) is 0 Å². The molecule has 0 fully saturated rings. The van der Waals surface area contributed by atoms with E-state index in [2.05, 4.69) is 10.6 Å². The Bertz CT molecular complexity index is 701. The molecule has 0 aliphatic rings. The van der Waals surface area contributed by atoms with E-state index in [1.807, 2.05) is 49.4 Å². The molecule has 0 radical (unpaired) electrons. The molecule has 0 heterocycles. The topological polar surface area (TPSA) is 58.2 Å². The van der Waals surface area contributed by atoms with Crippen molar-refractivity contribution in [2.24, 2.45) is 0 Å². The molecule has 4 nitrogen and oxygen atoms in total. The molecule has 0 aliphatic carbocycles. The van der Waals surface area contributed by atoms with Crippen molar-refractivity contribution in [3.05, 3.63) is 70.2 Å². The standard InChI is InChI=1S/C18H19ClN2O2/c1-13-5-4-6-14(9-13)10-17(22)21-12-18(23)20-11-15-7-2-3-8-16(15)19/h2-9H,10-12H2,1H3,(H,20,23)(H,21,22). The third kappa shape index (κ3) is 5.75. The van der Waals surface area contributed by atoms with Crippen molar-refractivity contribution in [3.63, 3.8) is 0 Å². The van der Waals surface area contributed by atoms with Crippen LogP contribution in [0, 0.1) is 6.92 Å². The molecule has 0 spiro atoms. The van der Waals surface area contributed by atoms with E-state index in [4.69, 9.17) is 11.6 Å². The summed E-state index contributed by atoms with van der Waals surface area (Å²) in [5, 5.41) is 5.95. The summed E-state index contributed by atoms with van der Waals surface area (Å²) in [6.07, 6.45) is 0.263. The number of hydrogen-bond donors (Lipinski definition) is 2. The number of benzene rings is 2. The monoisotopic (exact) mass is 330 g/mol. The van der Waals surface area contributed by atoms with E-state index >= 15 is 0 Å². The van der Waals surface area contributed by atoms with E-state index in [0.717, 1.165) is 16.7 Å². The van der Waals surface area contributed by atoms with Gasteiger partial charge in [0.25, 0.3) is 0 Å². The molecular formula is C18H19ClN2O2. The third-order valence-corrected chi connectivity index (χ3v) is 3.70. The lowest BCUT2D eigenvalue weighted by molar-refractivity contribution is -0.125. The first-order chi connectivity index (χ1) is 11.0. The van der Waals surface area contributed by atoms with Crippen LogP contribution in [0.2, 0.25) is 5.02 Å². The van der Waals surface area contributed by atoms with Crippen LogP contribution in [0.1, 0.15) is 16.7 Å². The maximum absolute atomic E-state index is 11.8. The van der Waals surface area contributed by atoms with Gasteiger partial charge in [0, 0.05) is 11.6 Å². The Labute approximate surface area is 140 Å². The van der Waals surface area contributed by atoms with Crippen LogP contribution in [0.5, 0.6) is 0 Å². The van der Waals surface area contributed by atoms with Gasteiger partial charge in [0.15, 0.2) is 0 Å². The van der Waals surface area contributed by atoms with E-state index in [9.17, 15) is 9.59 Å². The van der Waals surface area contributed by atoms with Crippen LogP contribution < -0.4 is 10.6 Å². The van der Waals surface area contributed by atoms with Gasteiger partial charge in [0.2, 0.25) is 11.8 Å². The van der Waals surface area contributed by atoms with Gasteiger partial charge in [-0.3, -0.25) is 9.59 Å². The van der Waals surface area contributed by atoms with Crippen LogP contribution in [0.3, 0.4) is 0 Å². The molecule has 2 rings (SSSR count). The first-order valence-electron chi connectivity index (χ1n) is 7.37. The van der Waals surface area contributed by atoms with Gasteiger partial charge in [-0.25, -0.2) is 0 Å². The van der Waals surface area contributed by atoms with Crippen LogP contribution in [0.4, 0.5) is 0 Å². The Morgan fingerprint density at radius 2 is 1.78 bits per heavy atom. The number of amides is 2. The minimum Gasteiger partial charge on any atom is -0.350 e. The molecule has 0 saturated carbocycles. The normalized spacial score (nSPS) is 10.2. The number of carbonyl (C=O) groups excluding carboxylic acids is 2. The van der Waals surface area contributed by atoms with Crippen LogP contribution in [0.25, 0.3) is 0 Å². The summed E-state index contributed by atoms with van der Waals surface area (Å²) in [4.78, 5) is 23.6. The molecular weight excluding hydrogens is 312 g/mol. The zero-order valence-corrected chi connectivity index (χ0v) is 13.7. The fourth-order valence-electron chi connectivity index (χ4n) is 2.15. The maximum atomic E-state index is 11.8. The molecule has 0 aromatic heterocycles. The first kappa shape index (κ1) is 17.0. The Hall–Kier alpha value is -2.33. The van der Waals surface area contributed by atoms with Crippen LogP contribution in [-0.2, 0) is 22.6 Å². The van der Waals surface area contributed by atoms with E-state index < -0.39 is 0 Å². The summed E-state index contributed by atoms with van der Waals surface area (Å²) >= 11 is 6.02. The Kier molecular flexibility index (Phi) is 6.18. The van der Waals surface area contributed by atoms with E-state index in [1.165, 1.54) is 0 Å². The van der Waals surface area contributed by atoms with Crippen molar-refractivity contribution >= 4 is 23.4 Å². The Balaban J connectivity index is 1.74. The average Bonchev–Trinajstić information content (AvgIpc) is 2.52. The minimum absolute atomic E-state index is 0.0465. The predicted molar refractivity (Wildman–Crippen MR) is 91.2 cm³/mol. The first-order valence-corrected chi connectivity index (χ1v) is 7.75. The highest BCUT2D eigenvalue weighted by Crippen LogP contribution is 2.14. The van der Waals surface area contributed by atoms with Crippen LogP contribution in [-0.4, -0.2) is 18.4 Å². The van der Waals surface area contributed by atoms with Crippen LogP contribution in [0.15, 0.2) is 48.5 Å². The predicted octanol–water partition coefficient (Wildman–Crippen LogP) is 2.62. The zero-order chi connectivity index (χ0) is 16.7. The highest BCUT2D eigenvalue weighted by molar-refractivity contribution is 6.31. The molecule has 2 N–H and O–H groups in total. The van der Waals surface area contributed by atoms with E-state index in [-0.39, 0.29) is 24.8 Å². The molecule has 0 atom stereocenters. The van der Waals surface area contributed by atoms with Crippen molar-refractivity contribution in [1.82, 2.24) is 10.6 Å². The summed E-state index contributed by atoms with van der Waals surface area (Å²) in [6.45, 7) is 2.27. The summed E-state index contributed by atoms with van der Waals surface area (Å²) in [5.74, 6) is -0.425. The number of nitrogens with one attached hydrogen (secondary N) is 2. The number of rotatable bonds is 6. The second-order valence-corrected chi connectivity index (χ2v) is 5.72. The molecule has 2 aromatic carbocycles. The second-order valence-electron chi connectivity index (χ2n) is 5.31. The Morgan fingerprint density at radius 1 is 1.00 bits per heavy atom. The molecule has 0 unspecified atom stereocenters. The summed E-state index contributed by atoms with van der Waals surface area (Å²) in [7, 11) is 0. The fourth-order valence-corrected chi connectivity index (χ4v) is 2.35. The molecule has 120 valence electrons. The zero-order valence-electron chi connectivity index (χ0n) is 12.9. The molecule has 2 aromatic rings. The van der Waals surface area contributed by atoms with Crippen molar-refractivity contribution in [2.45, 2.75) is 19.9 Å². The minimum atomic E-state index is -0.248. The second kappa shape index (κ2) is 8.34. The summed E-state index contributed by atoms with van der Waals surface area (Å²) in [5.41, 5.74) is 2.88. The average molecular weight is 331 g/mol. The SMILES string of the molecule is Cc1cccc(CC(=O)NCC(=O)NCc2ccccc2Cl)c1. The highest BCUT2D eigenvalue weighted by atomic mass is 35.5. The largest absolute Gasteiger partial charge is 0.350 e. The molecule has 0 saturated heterocycles. The highest BCUT2D eigenvalue weighted by Gasteiger charge is 2.07. The van der Waals surface area contributed by atoms with E-state index in [0.29, 0.717) is 11.6 Å². The number of halogens is 1. The molecule has 5 heteroatoms. The van der Waals surface area contributed by atoms with Gasteiger partial charge in [-0.05, 0) is 24.1 Å². The fraction of sp³-hybridized carbons (Fsp3) is 0.222. The smallest absolute Gasteiger partial charge is 0.239 e. The third-order valence-electron chi connectivity index (χ3n) is 3.33. The lowest BCUT2D eigenvalue weighted by Gasteiger charge is -2.08.